The van der Waals surface area contributed by atoms with Crippen molar-refractivity contribution in [2.24, 2.45) is 5.10 Å². The zero-order valence-corrected chi connectivity index (χ0v) is 10.8. The molecule has 0 spiro atoms. The van der Waals surface area contributed by atoms with Crippen LogP contribution in [0.4, 0.5) is 5.69 Å². The van der Waals surface area contributed by atoms with E-state index in [1.807, 2.05) is 37.3 Å². The van der Waals surface area contributed by atoms with Crippen molar-refractivity contribution in [2.75, 3.05) is 11.4 Å². The number of para-hydroxylation sites is 1. The largest absolute Gasteiger partial charge is 0.353 e. The number of benzene rings is 1. The molecule has 1 heterocycles. The summed E-state index contributed by atoms with van der Waals surface area (Å²) in [6.45, 7) is 5.00. The van der Waals surface area contributed by atoms with Crippen molar-refractivity contribution >= 4 is 17.3 Å². The second kappa shape index (κ2) is 4.42. The minimum atomic E-state index is -1.32. The molecule has 96 valence electrons. The van der Waals surface area contributed by atoms with E-state index in [0.717, 1.165) is 5.69 Å². The smallest absolute Gasteiger partial charge is 0.236 e. The highest BCUT2D eigenvalue weighted by atomic mass is 16.3. The van der Waals surface area contributed by atoms with Gasteiger partial charge in [0.2, 0.25) is 5.85 Å². The van der Waals surface area contributed by atoms with Crippen LogP contribution in [-0.2, 0) is 4.79 Å². The fraction of sp³-hybridized carbons (Fsp3) is 0.385. The summed E-state index contributed by atoms with van der Waals surface area (Å²) in [5.74, 6) is -0.703. The lowest BCUT2D eigenvalue weighted by molar-refractivity contribution is -0.126. The molecule has 1 aromatic carbocycles. The molecule has 1 aliphatic rings. The summed E-state index contributed by atoms with van der Waals surface area (Å²) in [5, 5.41) is 16.2. The van der Waals surface area contributed by atoms with Gasteiger partial charge in [-0.2, -0.15) is 5.10 Å². The number of amidine groups is 1. The molecule has 2 rings (SSSR count). The summed E-state index contributed by atoms with van der Waals surface area (Å²) in [4.78, 5) is 12.9. The van der Waals surface area contributed by atoms with E-state index < -0.39 is 5.85 Å². The minimum Gasteiger partial charge on any atom is -0.353 e. The highest BCUT2D eigenvalue weighted by molar-refractivity contribution is 5.98. The standard InChI is InChI=1S/C13H17N3O2/c1-10(17)9-15-13(3,18)16(11(2)14-15)12-7-5-4-6-8-12/h4-8,18H,9H2,1-3H3. The predicted octanol–water partition coefficient (Wildman–Crippen LogP) is 1.40. The van der Waals surface area contributed by atoms with Gasteiger partial charge in [-0.05, 0) is 26.0 Å². The highest BCUT2D eigenvalue weighted by Gasteiger charge is 2.43. The van der Waals surface area contributed by atoms with Crippen LogP contribution in [0.25, 0.3) is 0 Å². The van der Waals surface area contributed by atoms with Crippen LogP contribution in [0.1, 0.15) is 20.8 Å². The van der Waals surface area contributed by atoms with Crippen molar-refractivity contribution < 1.29 is 9.90 Å². The van der Waals surface area contributed by atoms with E-state index in [4.69, 9.17) is 0 Å². The van der Waals surface area contributed by atoms with Crippen LogP contribution >= 0.6 is 0 Å². The first-order valence-corrected chi connectivity index (χ1v) is 5.83. The lowest BCUT2D eigenvalue weighted by atomic mass is 10.2. The maximum absolute atomic E-state index is 11.2. The molecule has 0 amide bonds. The highest BCUT2D eigenvalue weighted by Crippen LogP contribution is 2.30. The van der Waals surface area contributed by atoms with E-state index in [2.05, 4.69) is 5.10 Å². The number of aliphatic hydroxyl groups is 1. The van der Waals surface area contributed by atoms with Crippen LogP contribution in [0.15, 0.2) is 35.4 Å². The molecule has 0 aliphatic carbocycles. The van der Waals surface area contributed by atoms with Crippen molar-refractivity contribution in [1.82, 2.24) is 5.01 Å². The Morgan fingerprint density at radius 1 is 1.39 bits per heavy atom. The Morgan fingerprint density at radius 2 is 2.00 bits per heavy atom. The first-order valence-electron chi connectivity index (χ1n) is 5.83. The second-order valence-corrected chi connectivity index (χ2v) is 4.55. The minimum absolute atomic E-state index is 0.0401. The van der Waals surface area contributed by atoms with Crippen molar-refractivity contribution in [1.29, 1.82) is 0 Å². The molecule has 18 heavy (non-hydrogen) atoms. The van der Waals surface area contributed by atoms with Crippen LogP contribution < -0.4 is 4.90 Å². The summed E-state index contributed by atoms with van der Waals surface area (Å²) in [6, 6.07) is 9.49. The number of anilines is 1. The third-order valence-corrected chi connectivity index (χ3v) is 2.89. The number of nitrogens with zero attached hydrogens (tertiary/aromatic N) is 3. The lowest BCUT2D eigenvalue weighted by Gasteiger charge is -2.36. The monoisotopic (exact) mass is 247 g/mol. The van der Waals surface area contributed by atoms with Crippen molar-refractivity contribution in [3.8, 4) is 0 Å². The molecule has 1 N–H and O–H groups in total. The maximum atomic E-state index is 11.2. The van der Waals surface area contributed by atoms with Gasteiger partial charge in [0, 0.05) is 12.6 Å². The van der Waals surface area contributed by atoms with Gasteiger partial charge in [0.1, 0.15) is 5.84 Å². The zero-order chi connectivity index (χ0) is 13.3. The molecule has 0 bridgehead atoms. The van der Waals surface area contributed by atoms with Gasteiger partial charge >= 0.3 is 0 Å². The van der Waals surface area contributed by atoms with Gasteiger partial charge in [-0.1, -0.05) is 18.2 Å². The average molecular weight is 247 g/mol. The van der Waals surface area contributed by atoms with Crippen LogP contribution in [0.2, 0.25) is 0 Å². The second-order valence-electron chi connectivity index (χ2n) is 4.55. The van der Waals surface area contributed by atoms with E-state index in [1.54, 1.807) is 11.8 Å². The summed E-state index contributed by atoms with van der Waals surface area (Å²) in [6.07, 6.45) is 0. The molecule has 0 aromatic heterocycles. The van der Waals surface area contributed by atoms with Crippen molar-refractivity contribution in [3.05, 3.63) is 30.3 Å². The zero-order valence-electron chi connectivity index (χ0n) is 10.8. The van der Waals surface area contributed by atoms with E-state index in [9.17, 15) is 9.90 Å². The lowest BCUT2D eigenvalue weighted by Crippen LogP contribution is -2.54. The van der Waals surface area contributed by atoms with Crippen molar-refractivity contribution in [3.63, 3.8) is 0 Å². The first kappa shape index (κ1) is 12.6. The Bertz CT molecular complexity index is 482. The summed E-state index contributed by atoms with van der Waals surface area (Å²) in [7, 11) is 0. The van der Waals surface area contributed by atoms with Gasteiger partial charge < -0.3 is 5.11 Å². The Labute approximate surface area is 106 Å². The van der Waals surface area contributed by atoms with Crippen LogP contribution in [0, 0.1) is 0 Å². The van der Waals surface area contributed by atoms with E-state index in [-0.39, 0.29) is 12.3 Å². The SMILES string of the molecule is CC(=O)CN1N=C(C)N(c2ccccc2)C1(C)O. The predicted molar refractivity (Wildman–Crippen MR) is 70.0 cm³/mol. The fourth-order valence-electron chi connectivity index (χ4n) is 2.14. The number of hydrazone groups is 1. The topological polar surface area (TPSA) is 56.1 Å². The molecule has 5 nitrogen and oxygen atoms in total. The van der Waals surface area contributed by atoms with E-state index >= 15 is 0 Å². The van der Waals surface area contributed by atoms with Gasteiger partial charge in [-0.15, -0.1) is 0 Å². The summed E-state index contributed by atoms with van der Waals surface area (Å²) in [5.41, 5.74) is 0.842. The average Bonchev–Trinajstić information content (AvgIpc) is 2.49. The molecule has 1 aliphatic heterocycles. The molecule has 5 heteroatoms. The van der Waals surface area contributed by atoms with E-state index in [0.29, 0.717) is 5.84 Å². The number of carbonyl (C=O) groups is 1. The number of carbonyl (C=O) groups excluding carboxylic acids is 1. The van der Waals surface area contributed by atoms with Gasteiger partial charge in [0.05, 0.1) is 6.54 Å². The number of ketones is 1. The normalized spacial score (nSPS) is 23.2. The van der Waals surface area contributed by atoms with Gasteiger partial charge in [0.15, 0.2) is 5.78 Å². The number of hydrogen-bond donors (Lipinski definition) is 1. The Hall–Kier alpha value is -1.88. The third kappa shape index (κ3) is 2.09. The van der Waals surface area contributed by atoms with Crippen molar-refractivity contribution in [2.45, 2.75) is 26.6 Å². The molecule has 1 atom stereocenters. The Kier molecular flexibility index (Phi) is 3.09. The maximum Gasteiger partial charge on any atom is 0.236 e. The quantitative estimate of drug-likeness (QED) is 0.877. The third-order valence-electron chi connectivity index (χ3n) is 2.89. The molecule has 0 fully saturated rings. The fourth-order valence-corrected chi connectivity index (χ4v) is 2.14. The number of hydrogen-bond acceptors (Lipinski definition) is 5. The summed E-state index contributed by atoms with van der Waals surface area (Å²) < 4.78 is 0. The molecule has 0 saturated carbocycles. The number of rotatable bonds is 3. The Balaban J connectivity index is 2.34. The molecular weight excluding hydrogens is 230 g/mol. The van der Waals surface area contributed by atoms with Gasteiger partial charge in [0.25, 0.3) is 0 Å². The number of Topliss-reactive ketones (excluding diaryl/α,β-unsaturated/α-hetero) is 1. The molecule has 0 saturated heterocycles. The molecule has 0 radical (unpaired) electrons. The molecule has 1 aromatic rings. The van der Waals surface area contributed by atoms with Crippen LogP contribution in [0.5, 0.6) is 0 Å². The van der Waals surface area contributed by atoms with Crippen LogP contribution in [0.3, 0.4) is 0 Å². The van der Waals surface area contributed by atoms with Gasteiger partial charge in [-0.3, -0.25) is 9.69 Å². The van der Waals surface area contributed by atoms with Gasteiger partial charge in [-0.25, -0.2) is 5.01 Å². The Morgan fingerprint density at radius 3 is 2.56 bits per heavy atom. The first-order chi connectivity index (χ1) is 8.43. The van der Waals surface area contributed by atoms with Crippen LogP contribution in [-0.4, -0.2) is 34.1 Å². The van der Waals surface area contributed by atoms with E-state index in [1.165, 1.54) is 11.9 Å². The molecular formula is C13H17N3O2. The summed E-state index contributed by atoms with van der Waals surface area (Å²) >= 11 is 0. The molecule has 1 unspecified atom stereocenters.